The van der Waals surface area contributed by atoms with Gasteiger partial charge in [-0.2, -0.15) is 4.68 Å². The Labute approximate surface area is 133 Å². The van der Waals surface area contributed by atoms with E-state index in [0.29, 0.717) is 21.6 Å². The number of nitrogen functional groups attached to an aromatic ring is 1. The van der Waals surface area contributed by atoms with E-state index in [1.807, 2.05) is 18.2 Å². The van der Waals surface area contributed by atoms with Gasteiger partial charge in [0.2, 0.25) is 5.95 Å². The molecule has 0 amide bonds. The minimum absolute atomic E-state index is 0.225. The number of halogens is 2. The molecule has 0 bridgehead atoms. The predicted octanol–water partition coefficient (Wildman–Crippen LogP) is 3.27. The zero-order valence-corrected chi connectivity index (χ0v) is 13.0. The first-order chi connectivity index (χ1) is 10.1. The van der Waals surface area contributed by atoms with Crippen LogP contribution < -0.4 is 16.7 Å². The number of rotatable bonds is 2. The lowest BCUT2D eigenvalue weighted by molar-refractivity contribution is 0.926. The maximum absolute atomic E-state index is 12.3. The van der Waals surface area contributed by atoms with Crippen molar-refractivity contribution in [2.75, 3.05) is 11.2 Å². The summed E-state index contributed by atoms with van der Waals surface area (Å²) in [6.07, 6.45) is 0. The van der Waals surface area contributed by atoms with Gasteiger partial charge < -0.3 is 11.2 Å². The van der Waals surface area contributed by atoms with Crippen molar-refractivity contribution in [3.05, 3.63) is 62.3 Å². The quantitative estimate of drug-likeness (QED) is 0.684. The molecule has 1 aromatic heterocycles. The Morgan fingerprint density at radius 1 is 1.24 bits per heavy atom. The molecular formula is C14H10BrClN4O. The maximum Gasteiger partial charge on any atom is 0.281 e. The van der Waals surface area contributed by atoms with Crippen LogP contribution in [0.3, 0.4) is 0 Å². The van der Waals surface area contributed by atoms with E-state index >= 15 is 0 Å². The first-order valence-corrected chi connectivity index (χ1v) is 7.22. The molecule has 0 aliphatic heterocycles. The third kappa shape index (κ3) is 2.59. The summed E-state index contributed by atoms with van der Waals surface area (Å²) in [6.45, 7) is 0. The second kappa shape index (κ2) is 5.38. The molecule has 0 atom stereocenters. The Morgan fingerprint density at radius 2 is 2.00 bits per heavy atom. The van der Waals surface area contributed by atoms with Crippen molar-refractivity contribution in [2.45, 2.75) is 0 Å². The van der Waals surface area contributed by atoms with Crippen molar-refractivity contribution in [3.63, 3.8) is 0 Å². The normalized spacial score (nSPS) is 10.8. The third-order valence-corrected chi connectivity index (χ3v) is 3.81. The molecule has 3 rings (SSSR count). The zero-order chi connectivity index (χ0) is 15.0. The fraction of sp³-hybridized carbons (Fsp3) is 0. The number of hydrogen-bond acceptors (Lipinski definition) is 4. The lowest BCUT2D eigenvalue weighted by Gasteiger charge is -2.12. The Balaban J connectivity index is 2.16. The molecule has 0 aliphatic rings. The molecule has 0 aliphatic carbocycles. The number of benzene rings is 2. The maximum atomic E-state index is 12.3. The monoisotopic (exact) mass is 364 g/mol. The highest BCUT2D eigenvalue weighted by molar-refractivity contribution is 9.10. The van der Waals surface area contributed by atoms with E-state index in [4.69, 9.17) is 17.4 Å². The number of nitrogens with two attached hydrogens (primary N) is 1. The number of hydrogen-bond donors (Lipinski definition) is 2. The van der Waals surface area contributed by atoms with E-state index in [-0.39, 0.29) is 11.5 Å². The van der Waals surface area contributed by atoms with Crippen molar-refractivity contribution in [2.24, 2.45) is 0 Å². The molecule has 0 spiro atoms. The lowest BCUT2D eigenvalue weighted by atomic mass is 10.2. The van der Waals surface area contributed by atoms with Gasteiger partial charge in [0, 0.05) is 4.47 Å². The van der Waals surface area contributed by atoms with Gasteiger partial charge in [-0.05, 0) is 30.3 Å². The number of para-hydroxylation sites is 1. The summed E-state index contributed by atoms with van der Waals surface area (Å²) in [4.78, 5) is 16.6. The minimum atomic E-state index is -0.337. The molecule has 0 radical (unpaired) electrons. The summed E-state index contributed by atoms with van der Waals surface area (Å²) >= 11 is 9.40. The molecular weight excluding hydrogens is 356 g/mol. The SMILES string of the molecule is Nn1c(Nc2ccccc2Cl)nc2ccc(Br)cc2c1=O. The molecule has 0 fully saturated rings. The largest absolute Gasteiger partial charge is 0.333 e. The summed E-state index contributed by atoms with van der Waals surface area (Å²) in [5, 5.41) is 3.93. The molecule has 21 heavy (non-hydrogen) atoms. The van der Waals surface area contributed by atoms with E-state index in [2.05, 4.69) is 26.2 Å². The average molecular weight is 366 g/mol. The van der Waals surface area contributed by atoms with Crippen LogP contribution in [0.1, 0.15) is 0 Å². The molecule has 1 heterocycles. The van der Waals surface area contributed by atoms with Gasteiger partial charge in [-0.3, -0.25) is 4.79 Å². The van der Waals surface area contributed by atoms with Crippen LogP contribution in [0.4, 0.5) is 11.6 Å². The second-order valence-corrected chi connectivity index (χ2v) is 5.70. The standard InChI is InChI=1S/C14H10BrClN4O/c15-8-5-6-11-9(7-8)13(21)20(17)14(18-11)19-12-4-2-1-3-10(12)16/h1-7H,17H2,(H,18,19). The molecule has 7 heteroatoms. The van der Waals surface area contributed by atoms with Gasteiger partial charge in [0.05, 0.1) is 21.6 Å². The summed E-state index contributed by atoms with van der Waals surface area (Å²) in [6, 6.07) is 12.4. The summed E-state index contributed by atoms with van der Waals surface area (Å²) in [5.41, 5.74) is 0.844. The molecule has 0 saturated carbocycles. The average Bonchev–Trinajstić information content (AvgIpc) is 2.47. The first kappa shape index (κ1) is 13.9. The second-order valence-electron chi connectivity index (χ2n) is 4.38. The molecule has 3 aromatic rings. The van der Waals surface area contributed by atoms with Gasteiger partial charge in [0.1, 0.15) is 0 Å². The molecule has 0 saturated heterocycles. The van der Waals surface area contributed by atoms with Crippen LogP contribution >= 0.6 is 27.5 Å². The van der Waals surface area contributed by atoms with Crippen molar-refractivity contribution in [1.82, 2.24) is 9.66 Å². The summed E-state index contributed by atoms with van der Waals surface area (Å²) in [7, 11) is 0. The van der Waals surface area contributed by atoms with Crippen LogP contribution in [0.15, 0.2) is 51.7 Å². The van der Waals surface area contributed by atoms with Crippen LogP contribution in [0.2, 0.25) is 5.02 Å². The van der Waals surface area contributed by atoms with E-state index in [1.54, 1.807) is 24.3 Å². The van der Waals surface area contributed by atoms with Gasteiger partial charge in [-0.1, -0.05) is 39.7 Å². The Hall–Kier alpha value is -2.05. The van der Waals surface area contributed by atoms with Crippen LogP contribution in [-0.4, -0.2) is 9.66 Å². The highest BCUT2D eigenvalue weighted by Crippen LogP contribution is 2.24. The van der Waals surface area contributed by atoms with Crippen LogP contribution in [-0.2, 0) is 0 Å². The highest BCUT2D eigenvalue weighted by atomic mass is 79.9. The summed E-state index contributed by atoms with van der Waals surface area (Å²) in [5.74, 6) is 6.04. The van der Waals surface area contributed by atoms with Crippen LogP contribution in [0.25, 0.3) is 10.9 Å². The number of anilines is 2. The topological polar surface area (TPSA) is 72.9 Å². The number of nitrogens with zero attached hydrogens (tertiary/aromatic N) is 2. The van der Waals surface area contributed by atoms with Gasteiger partial charge in [0.15, 0.2) is 0 Å². The molecule has 2 aromatic carbocycles. The Morgan fingerprint density at radius 3 is 2.76 bits per heavy atom. The molecule has 106 valence electrons. The third-order valence-electron chi connectivity index (χ3n) is 2.98. The fourth-order valence-corrected chi connectivity index (χ4v) is 2.49. The Bertz CT molecular complexity index is 894. The van der Waals surface area contributed by atoms with Crippen molar-refractivity contribution in [1.29, 1.82) is 0 Å². The van der Waals surface area contributed by atoms with Gasteiger partial charge >= 0.3 is 0 Å². The van der Waals surface area contributed by atoms with Crippen LogP contribution in [0.5, 0.6) is 0 Å². The summed E-state index contributed by atoms with van der Waals surface area (Å²) < 4.78 is 1.76. The number of nitrogens with one attached hydrogen (secondary N) is 1. The minimum Gasteiger partial charge on any atom is -0.333 e. The van der Waals surface area contributed by atoms with E-state index in [0.717, 1.165) is 9.15 Å². The van der Waals surface area contributed by atoms with Crippen molar-refractivity contribution in [3.8, 4) is 0 Å². The fourth-order valence-electron chi connectivity index (χ4n) is 1.94. The predicted molar refractivity (Wildman–Crippen MR) is 88.6 cm³/mol. The zero-order valence-electron chi connectivity index (χ0n) is 10.7. The number of aromatic nitrogens is 2. The first-order valence-electron chi connectivity index (χ1n) is 6.05. The highest BCUT2D eigenvalue weighted by Gasteiger charge is 2.10. The van der Waals surface area contributed by atoms with E-state index < -0.39 is 0 Å². The molecule has 5 nitrogen and oxygen atoms in total. The van der Waals surface area contributed by atoms with Gasteiger partial charge in [-0.25, -0.2) is 4.98 Å². The Kier molecular flexibility index (Phi) is 3.57. The van der Waals surface area contributed by atoms with Crippen LogP contribution in [0, 0.1) is 0 Å². The molecule has 0 unspecified atom stereocenters. The van der Waals surface area contributed by atoms with E-state index in [9.17, 15) is 4.79 Å². The molecule has 3 N–H and O–H groups in total. The van der Waals surface area contributed by atoms with Crippen molar-refractivity contribution < 1.29 is 0 Å². The lowest BCUT2D eigenvalue weighted by Crippen LogP contribution is -2.30. The van der Waals surface area contributed by atoms with Crippen molar-refractivity contribution >= 4 is 50.1 Å². The van der Waals surface area contributed by atoms with E-state index in [1.165, 1.54) is 0 Å². The van der Waals surface area contributed by atoms with Gasteiger partial charge in [-0.15, -0.1) is 0 Å². The smallest absolute Gasteiger partial charge is 0.281 e. The number of fused-ring (bicyclic) bond motifs is 1. The van der Waals surface area contributed by atoms with Gasteiger partial charge in [0.25, 0.3) is 5.56 Å².